The lowest BCUT2D eigenvalue weighted by molar-refractivity contribution is -0.137. The maximum absolute atomic E-state index is 11.5. The third kappa shape index (κ3) is 8.15. The van der Waals surface area contributed by atoms with Crippen LogP contribution in [0.4, 0.5) is 0 Å². The van der Waals surface area contributed by atoms with Gasteiger partial charge in [0.2, 0.25) is 0 Å². The Kier molecular flexibility index (Phi) is 6.70. The second-order valence-electron chi connectivity index (χ2n) is 4.99. The van der Waals surface area contributed by atoms with Crippen LogP contribution in [0.15, 0.2) is 0 Å². The summed E-state index contributed by atoms with van der Waals surface area (Å²) >= 11 is 0. The molecule has 0 aliphatic rings. The zero-order valence-electron chi connectivity index (χ0n) is 10.9. The molecule has 6 heteroatoms. The highest BCUT2D eigenvalue weighted by Gasteiger charge is 2.18. The molecule has 0 saturated heterocycles. The molecule has 0 rings (SSSR count). The minimum atomic E-state index is -3.32. The highest BCUT2D eigenvalue weighted by molar-refractivity contribution is 7.92. The highest BCUT2D eigenvalue weighted by Crippen LogP contribution is 2.21. The monoisotopic (exact) mass is 265 g/mol. The second kappa shape index (κ2) is 6.96. The highest BCUT2D eigenvalue weighted by atomic mass is 32.2. The summed E-state index contributed by atoms with van der Waals surface area (Å²) in [5, 5.41) is 0. The SMILES string of the molecule is COC(=O)CS(=O)(=O)CCCCC(C)(C)CN. The number of hydrogen-bond donors (Lipinski definition) is 1. The minimum absolute atomic E-state index is 0.0305. The maximum Gasteiger partial charge on any atom is 0.320 e. The van der Waals surface area contributed by atoms with Crippen molar-refractivity contribution >= 4 is 15.8 Å². The van der Waals surface area contributed by atoms with Crippen molar-refractivity contribution in [1.29, 1.82) is 0 Å². The standard InChI is InChI=1S/C11H23NO4S/c1-11(2,9-12)6-4-5-7-17(14,15)8-10(13)16-3/h4-9,12H2,1-3H3. The van der Waals surface area contributed by atoms with Crippen LogP contribution < -0.4 is 5.73 Å². The number of carbonyl (C=O) groups excluding carboxylic acids is 1. The molecule has 5 nitrogen and oxygen atoms in total. The third-order valence-electron chi connectivity index (χ3n) is 2.68. The van der Waals surface area contributed by atoms with Crippen LogP contribution in [0, 0.1) is 5.41 Å². The zero-order chi connectivity index (χ0) is 13.5. The van der Waals surface area contributed by atoms with Crippen LogP contribution in [0.5, 0.6) is 0 Å². The van der Waals surface area contributed by atoms with E-state index in [-0.39, 0.29) is 11.2 Å². The molecule has 0 aromatic heterocycles. The summed E-state index contributed by atoms with van der Waals surface area (Å²) in [7, 11) is -2.14. The number of nitrogens with two attached hydrogens (primary N) is 1. The lowest BCUT2D eigenvalue weighted by atomic mass is 9.88. The summed E-state index contributed by atoms with van der Waals surface area (Å²) in [5.74, 6) is -1.20. The van der Waals surface area contributed by atoms with E-state index in [4.69, 9.17) is 5.73 Å². The van der Waals surface area contributed by atoms with Crippen LogP contribution in [0.1, 0.15) is 33.1 Å². The number of unbranched alkanes of at least 4 members (excludes halogenated alkanes) is 1. The molecule has 0 fully saturated rings. The first kappa shape index (κ1) is 16.4. The lowest BCUT2D eigenvalue weighted by Crippen LogP contribution is -2.24. The smallest absolute Gasteiger partial charge is 0.320 e. The molecule has 0 spiro atoms. The van der Waals surface area contributed by atoms with Crippen LogP contribution in [0.2, 0.25) is 0 Å². The number of rotatable bonds is 8. The molecule has 102 valence electrons. The topological polar surface area (TPSA) is 86.5 Å². The number of hydrogen-bond acceptors (Lipinski definition) is 5. The molecule has 0 amide bonds. The second-order valence-corrected chi connectivity index (χ2v) is 7.18. The Labute approximate surface area is 104 Å². The van der Waals surface area contributed by atoms with E-state index >= 15 is 0 Å². The Balaban J connectivity index is 3.93. The van der Waals surface area contributed by atoms with E-state index < -0.39 is 21.6 Å². The average molecular weight is 265 g/mol. The quantitative estimate of drug-likeness (QED) is 0.516. The van der Waals surface area contributed by atoms with E-state index in [1.165, 1.54) is 7.11 Å². The van der Waals surface area contributed by atoms with E-state index in [1.54, 1.807) is 0 Å². The van der Waals surface area contributed by atoms with E-state index in [0.29, 0.717) is 13.0 Å². The van der Waals surface area contributed by atoms with Gasteiger partial charge in [0.25, 0.3) is 0 Å². The zero-order valence-corrected chi connectivity index (χ0v) is 11.7. The maximum atomic E-state index is 11.5. The Hall–Kier alpha value is -0.620. The molecule has 0 atom stereocenters. The summed E-state index contributed by atoms with van der Waals surface area (Å²) < 4.78 is 27.3. The molecule has 0 bridgehead atoms. The summed E-state index contributed by atoms with van der Waals surface area (Å²) in [4.78, 5) is 10.8. The normalized spacial score (nSPS) is 12.5. The van der Waals surface area contributed by atoms with Gasteiger partial charge in [0, 0.05) is 0 Å². The van der Waals surface area contributed by atoms with Crippen molar-refractivity contribution in [3.63, 3.8) is 0 Å². The summed E-state index contributed by atoms with van der Waals surface area (Å²) in [6.45, 7) is 4.69. The molecule has 0 radical (unpaired) electrons. The van der Waals surface area contributed by atoms with Gasteiger partial charge in [0.15, 0.2) is 9.84 Å². The van der Waals surface area contributed by atoms with Gasteiger partial charge < -0.3 is 10.5 Å². The van der Waals surface area contributed by atoms with Crippen molar-refractivity contribution in [2.24, 2.45) is 11.1 Å². The molecular formula is C11H23NO4S. The number of methoxy groups -OCH3 is 1. The van der Waals surface area contributed by atoms with Gasteiger partial charge >= 0.3 is 5.97 Å². The van der Waals surface area contributed by atoms with Gasteiger partial charge in [-0.25, -0.2) is 8.42 Å². The van der Waals surface area contributed by atoms with Crippen molar-refractivity contribution in [3.8, 4) is 0 Å². The van der Waals surface area contributed by atoms with E-state index in [2.05, 4.69) is 18.6 Å². The van der Waals surface area contributed by atoms with Crippen LogP contribution in [-0.2, 0) is 19.4 Å². The fourth-order valence-corrected chi connectivity index (χ4v) is 2.60. The fourth-order valence-electron chi connectivity index (χ4n) is 1.34. The number of esters is 1. The fraction of sp³-hybridized carbons (Fsp3) is 0.909. The molecule has 17 heavy (non-hydrogen) atoms. The first-order valence-corrected chi connectivity index (χ1v) is 7.52. The van der Waals surface area contributed by atoms with Gasteiger partial charge in [0.05, 0.1) is 12.9 Å². The van der Waals surface area contributed by atoms with Crippen LogP contribution in [-0.4, -0.2) is 39.5 Å². The number of ether oxygens (including phenoxy) is 1. The van der Waals surface area contributed by atoms with Crippen molar-refractivity contribution in [2.75, 3.05) is 25.2 Å². The van der Waals surface area contributed by atoms with E-state index in [0.717, 1.165) is 12.8 Å². The molecule has 2 N–H and O–H groups in total. The van der Waals surface area contributed by atoms with Crippen LogP contribution in [0.3, 0.4) is 0 Å². The Bertz CT molecular complexity index is 335. The number of carbonyl (C=O) groups is 1. The predicted octanol–water partition coefficient (Wildman–Crippen LogP) is 0.729. The van der Waals surface area contributed by atoms with Gasteiger partial charge in [-0.05, 0) is 24.8 Å². The van der Waals surface area contributed by atoms with Crippen LogP contribution >= 0.6 is 0 Å². The van der Waals surface area contributed by atoms with Crippen molar-refractivity contribution in [2.45, 2.75) is 33.1 Å². The van der Waals surface area contributed by atoms with Gasteiger partial charge in [0.1, 0.15) is 5.75 Å². The third-order valence-corrected chi connectivity index (χ3v) is 4.26. The van der Waals surface area contributed by atoms with E-state index in [9.17, 15) is 13.2 Å². The molecule has 0 aromatic carbocycles. The number of sulfone groups is 1. The summed E-state index contributed by atoms with van der Waals surface area (Å²) in [6, 6.07) is 0. The van der Waals surface area contributed by atoms with Gasteiger partial charge in [-0.15, -0.1) is 0 Å². The predicted molar refractivity (Wildman–Crippen MR) is 67.4 cm³/mol. The molecule has 0 aromatic rings. The van der Waals surface area contributed by atoms with Crippen molar-refractivity contribution in [1.82, 2.24) is 0 Å². The first-order chi connectivity index (χ1) is 7.72. The Morgan fingerprint density at radius 1 is 1.29 bits per heavy atom. The van der Waals surface area contributed by atoms with Gasteiger partial charge in [-0.3, -0.25) is 4.79 Å². The van der Waals surface area contributed by atoms with Gasteiger partial charge in [-0.1, -0.05) is 20.3 Å². The lowest BCUT2D eigenvalue weighted by Gasteiger charge is -2.21. The van der Waals surface area contributed by atoms with Crippen molar-refractivity contribution < 1.29 is 17.9 Å². The first-order valence-electron chi connectivity index (χ1n) is 5.70. The molecular weight excluding hydrogens is 242 g/mol. The molecule has 0 unspecified atom stereocenters. The average Bonchev–Trinajstić information content (AvgIpc) is 2.24. The summed E-state index contributed by atoms with van der Waals surface area (Å²) in [6.07, 6.45) is 2.24. The molecule has 0 saturated carbocycles. The van der Waals surface area contributed by atoms with Crippen molar-refractivity contribution in [3.05, 3.63) is 0 Å². The summed E-state index contributed by atoms with van der Waals surface area (Å²) in [5.41, 5.74) is 5.63. The molecule has 0 aliphatic heterocycles. The molecule has 0 heterocycles. The van der Waals surface area contributed by atoms with Gasteiger partial charge in [-0.2, -0.15) is 0 Å². The Morgan fingerprint density at radius 2 is 1.88 bits per heavy atom. The molecule has 0 aliphatic carbocycles. The van der Waals surface area contributed by atoms with E-state index in [1.807, 2.05) is 0 Å². The minimum Gasteiger partial charge on any atom is -0.468 e. The largest absolute Gasteiger partial charge is 0.468 e. The van der Waals surface area contributed by atoms with Crippen LogP contribution in [0.25, 0.3) is 0 Å². The Morgan fingerprint density at radius 3 is 2.35 bits per heavy atom.